The molecular weight excluding hydrogens is 212 g/mol. The quantitative estimate of drug-likeness (QED) is 0.553. The molecule has 0 amide bonds. The van der Waals surface area contributed by atoms with Crippen molar-refractivity contribution in [1.82, 2.24) is 9.80 Å². The molecular formula is C14H26N2O. The summed E-state index contributed by atoms with van der Waals surface area (Å²) in [5, 5.41) is 0. The molecule has 0 aromatic heterocycles. The SMILES string of the molecule is CN1CCN(CC2(C=O)CCCCCC2)CC1. The lowest BCUT2D eigenvalue weighted by atomic mass is 9.81. The van der Waals surface area contributed by atoms with Crippen LogP contribution in [-0.4, -0.2) is 55.9 Å². The van der Waals surface area contributed by atoms with Crippen molar-refractivity contribution in [3.05, 3.63) is 0 Å². The second kappa shape index (κ2) is 5.96. The zero-order chi connectivity index (χ0) is 12.1. The summed E-state index contributed by atoms with van der Waals surface area (Å²) in [6.45, 7) is 5.56. The van der Waals surface area contributed by atoms with E-state index in [1.165, 1.54) is 32.0 Å². The predicted molar refractivity (Wildman–Crippen MR) is 70.1 cm³/mol. The normalized spacial score (nSPS) is 27.6. The van der Waals surface area contributed by atoms with Gasteiger partial charge in [0, 0.05) is 38.1 Å². The minimum Gasteiger partial charge on any atom is -0.304 e. The number of hydrogen-bond donors (Lipinski definition) is 0. The first-order valence-electron chi connectivity index (χ1n) is 7.11. The van der Waals surface area contributed by atoms with Gasteiger partial charge in [-0.3, -0.25) is 4.90 Å². The summed E-state index contributed by atoms with van der Waals surface area (Å²) in [7, 11) is 2.18. The first kappa shape index (κ1) is 13.0. The van der Waals surface area contributed by atoms with Crippen LogP contribution in [0, 0.1) is 5.41 Å². The van der Waals surface area contributed by atoms with Gasteiger partial charge in [0.1, 0.15) is 6.29 Å². The number of carbonyl (C=O) groups is 1. The maximum atomic E-state index is 11.5. The van der Waals surface area contributed by atoms with E-state index in [2.05, 4.69) is 16.8 Å². The summed E-state index contributed by atoms with van der Waals surface area (Å²) in [5.74, 6) is 0. The average molecular weight is 238 g/mol. The van der Waals surface area contributed by atoms with Crippen molar-refractivity contribution in [2.75, 3.05) is 39.8 Å². The van der Waals surface area contributed by atoms with Gasteiger partial charge in [-0.25, -0.2) is 0 Å². The van der Waals surface area contributed by atoms with Crippen molar-refractivity contribution in [3.8, 4) is 0 Å². The summed E-state index contributed by atoms with van der Waals surface area (Å²) in [4.78, 5) is 16.4. The lowest BCUT2D eigenvalue weighted by Gasteiger charge is -2.38. The molecule has 17 heavy (non-hydrogen) atoms. The molecule has 1 aliphatic carbocycles. The minimum absolute atomic E-state index is 0.0214. The second-order valence-electron chi connectivity index (χ2n) is 5.97. The van der Waals surface area contributed by atoms with Crippen LogP contribution >= 0.6 is 0 Å². The van der Waals surface area contributed by atoms with Crippen LogP contribution < -0.4 is 0 Å². The summed E-state index contributed by atoms with van der Waals surface area (Å²) >= 11 is 0. The summed E-state index contributed by atoms with van der Waals surface area (Å²) in [6, 6.07) is 0. The van der Waals surface area contributed by atoms with Crippen LogP contribution in [0.4, 0.5) is 0 Å². The largest absolute Gasteiger partial charge is 0.304 e. The van der Waals surface area contributed by atoms with E-state index in [1.54, 1.807) is 0 Å². The molecule has 1 aliphatic heterocycles. The topological polar surface area (TPSA) is 23.6 Å². The van der Waals surface area contributed by atoms with Crippen molar-refractivity contribution in [2.45, 2.75) is 38.5 Å². The van der Waals surface area contributed by atoms with E-state index >= 15 is 0 Å². The highest BCUT2D eigenvalue weighted by atomic mass is 16.1. The van der Waals surface area contributed by atoms with Crippen molar-refractivity contribution < 1.29 is 4.79 Å². The Balaban J connectivity index is 1.91. The molecule has 3 nitrogen and oxygen atoms in total. The van der Waals surface area contributed by atoms with Crippen LogP contribution in [-0.2, 0) is 4.79 Å². The molecule has 2 aliphatic rings. The van der Waals surface area contributed by atoms with Crippen molar-refractivity contribution in [2.24, 2.45) is 5.41 Å². The third-order valence-corrected chi connectivity index (χ3v) is 4.48. The van der Waals surface area contributed by atoms with Gasteiger partial charge in [0.2, 0.25) is 0 Å². The van der Waals surface area contributed by atoms with Crippen LogP contribution in [0.3, 0.4) is 0 Å². The fourth-order valence-corrected chi connectivity index (χ4v) is 3.20. The molecule has 0 bridgehead atoms. The van der Waals surface area contributed by atoms with Crippen LogP contribution in [0.5, 0.6) is 0 Å². The highest BCUT2D eigenvalue weighted by molar-refractivity contribution is 5.59. The minimum atomic E-state index is -0.0214. The molecule has 0 spiro atoms. The number of nitrogens with zero attached hydrogens (tertiary/aromatic N) is 2. The maximum absolute atomic E-state index is 11.5. The third kappa shape index (κ3) is 3.52. The highest BCUT2D eigenvalue weighted by Gasteiger charge is 2.33. The Labute approximate surface area is 105 Å². The molecule has 2 rings (SSSR count). The molecule has 2 fully saturated rings. The van der Waals surface area contributed by atoms with E-state index in [9.17, 15) is 4.79 Å². The standard InChI is InChI=1S/C14H26N2O/c1-15-8-10-16(11-9-15)12-14(13-17)6-4-2-3-5-7-14/h13H,2-12H2,1H3. The summed E-state index contributed by atoms with van der Waals surface area (Å²) < 4.78 is 0. The van der Waals surface area contributed by atoms with E-state index in [1.807, 2.05) is 0 Å². The number of carbonyl (C=O) groups excluding carboxylic acids is 1. The smallest absolute Gasteiger partial charge is 0.127 e. The third-order valence-electron chi connectivity index (χ3n) is 4.48. The molecule has 1 saturated carbocycles. The lowest BCUT2D eigenvalue weighted by Crippen LogP contribution is -2.49. The van der Waals surface area contributed by atoms with E-state index in [4.69, 9.17) is 0 Å². The first-order chi connectivity index (χ1) is 8.24. The van der Waals surface area contributed by atoms with Gasteiger partial charge in [-0.2, -0.15) is 0 Å². The van der Waals surface area contributed by atoms with Gasteiger partial charge >= 0.3 is 0 Å². The van der Waals surface area contributed by atoms with E-state index in [0.717, 1.165) is 45.6 Å². The van der Waals surface area contributed by atoms with Crippen molar-refractivity contribution in [1.29, 1.82) is 0 Å². The van der Waals surface area contributed by atoms with E-state index in [0.29, 0.717) is 0 Å². The van der Waals surface area contributed by atoms with Crippen LogP contribution in [0.25, 0.3) is 0 Å². The molecule has 0 unspecified atom stereocenters. The van der Waals surface area contributed by atoms with Gasteiger partial charge in [0.05, 0.1) is 0 Å². The number of aldehydes is 1. The van der Waals surface area contributed by atoms with Crippen molar-refractivity contribution in [3.63, 3.8) is 0 Å². The Morgan fingerprint density at radius 2 is 1.59 bits per heavy atom. The summed E-state index contributed by atoms with van der Waals surface area (Å²) in [5.41, 5.74) is -0.0214. The van der Waals surface area contributed by atoms with Crippen LogP contribution in [0.15, 0.2) is 0 Å². The fourth-order valence-electron chi connectivity index (χ4n) is 3.20. The molecule has 1 saturated heterocycles. The molecule has 1 heterocycles. The summed E-state index contributed by atoms with van der Waals surface area (Å²) in [6.07, 6.45) is 8.62. The molecule has 0 aromatic carbocycles. The van der Waals surface area contributed by atoms with E-state index < -0.39 is 0 Å². The second-order valence-corrected chi connectivity index (χ2v) is 5.97. The van der Waals surface area contributed by atoms with Crippen molar-refractivity contribution >= 4 is 6.29 Å². The Morgan fingerprint density at radius 1 is 1.00 bits per heavy atom. The predicted octanol–water partition coefficient (Wildman–Crippen LogP) is 1.77. The zero-order valence-corrected chi connectivity index (χ0v) is 11.2. The number of rotatable bonds is 3. The first-order valence-corrected chi connectivity index (χ1v) is 7.11. The molecule has 0 N–H and O–H groups in total. The number of piperazine rings is 1. The zero-order valence-electron chi connectivity index (χ0n) is 11.2. The average Bonchev–Trinajstić information content (AvgIpc) is 2.58. The Bertz CT molecular complexity index is 239. The fraction of sp³-hybridized carbons (Fsp3) is 0.929. The molecule has 3 heteroatoms. The van der Waals surface area contributed by atoms with Crippen LogP contribution in [0.1, 0.15) is 38.5 Å². The maximum Gasteiger partial charge on any atom is 0.127 e. The van der Waals surface area contributed by atoms with Gasteiger partial charge in [0.15, 0.2) is 0 Å². The van der Waals surface area contributed by atoms with Gasteiger partial charge in [-0.15, -0.1) is 0 Å². The molecule has 98 valence electrons. The van der Waals surface area contributed by atoms with Crippen LogP contribution in [0.2, 0.25) is 0 Å². The molecule has 0 radical (unpaired) electrons. The Kier molecular flexibility index (Phi) is 4.57. The number of hydrogen-bond acceptors (Lipinski definition) is 3. The molecule has 0 aromatic rings. The van der Waals surface area contributed by atoms with Gasteiger partial charge in [-0.1, -0.05) is 25.7 Å². The monoisotopic (exact) mass is 238 g/mol. The molecule has 0 atom stereocenters. The number of likely N-dealkylation sites (N-methyl/N-ethyl adjacent to an activating group) is 1. The van der Waals surface area contributed by atoms with Gasteiger partial charge in [-0.05, 0) is 19.9 Å². The van der Waals surface area contributed by atoms with Gasteiger partial charge in [0.25, 0.3) is 0 Å². The van der Waals surface area contributed by atoms with E-state index in [-0.39, 0.29) is 5.41 Å². The van der Waals surface area contributed by atoms with Gasteiger partial charge < -0.3 is 9.69 Å². The highest BCUT2D eigenvalue weighted by Crippen LogP contribution is 2.34. The lowest BCUT2D eigenvalue weighted by molar-refractivity contribution is -0.118. The Morgan fingerprint density at radius 3 is 2.12 bits per heavy atom. The Hall–Kier alpha value is -0.410.